The van der Waals surface area contributed by atoms with E-state index in [1.165, 1.54) is 36.4 Å². The molecule has 16 nitrogen and oxygen atoms in total. The number of pyridine rings is 2. The Bertz CT molecular complexity index is 2490. The summed E-state index contributed by atoms with van der Waals surface area (Å²) in [4.78, 5) is 57.3. The highest BCUT2D eigenvalue weighted by Gasteiger charge is 2.23. The molecule has 0 aliphatic heterocycles. The number of fused-ring (bicyclic) bond motifs is 2. The molecule has 6 rings (SSSR count). The van der Waals surface area contributed by atoms with Gasteiger partial charge >= 0.3 is 0 Å². The van der Waals surface area contributed by atoms with Crippen molar-refractivity contribution in [2.75, 3.05) is 0 Å². The van der Waals surface area contributed by atoms with Crippen molar-refractivity contribution in [3.8, 4) is 11.5 Å². The highest BCUT2D eigenvalue weighted by molar-refractivity contribution is 7.89. The van der Waals surface area contributed by atoms with Gasteiger partial charge in [-0.3, -0.25) is 30.0 Å². The summed E-state index contributed by atoms with van der Waals surface area (Å²) in [5.74, 6) is -3.22. The molecule has 0 fully saturated rings. The van der Waals surface area contributed by atoms with Gasteiger partial charge in [-0.15, -0.1) is 9.66 Å². The number of para-hydroxylation sites is 2. The van der Waals surface area contributed by atoms with E-state index in [-0.39, 0.29) is 28.0 Å². The number of aromatic amines is 2. The molecule has 0 spiro atoms. The molecule has 0 atom stereocenters. The average molecular weight is 763 g/mol. The molecule has 18 heteroatoms. The Labute approximate surface area is 302 Å². The summed E-state index contributed by atoms with van der Waals surface area (Å²) in [6.45, 7) is 3.61. The van der Waals surface area contributed by atoms with Crippen LogP contribution in [0.25, 0.3) is 21.8 Å². The van der Waals surface area contributed by atoms with E-state index < -0.39 is 65.6 Å². The maximum Gasteiger partial charge on any atom is 0.275 e. The summed E-state index contributed by atoms with van der Waals surface area (Å²) in [6.07, 6.45) is 0. The first kappa shape index (κ1) is 39.4. The third kappa shape index (κ3) is 8.76. The molecule has 0 unspecified atom stereocenters. The van der Waals surface area contributed by atoms with Crippen molar-refractivity contribution in [2.45, 2.75) is 31.1 Å². The molecule has 53 heavy (non-hydrogen) atoms. The topological polar surface area (TPSA) is 257 Å². The summed E-state index contributed by atoms with van der Waals surface area (Å²) in [7, 11) is -8.05. The molecular weight excluding hydrogens is 729 g/mol. The van der Waals surface area contributed by atoms with Crippen LogP contribution in [0, 0.1) is 13.8 Å². The number of sulfonamides is 2. The Morgan fingerprint density at radius 1 is 0.547 bits per heavy atom. The van der Waals surface area contributed by atoms with Gasteiger partial charge < -0.3 is 20.2 Å². The number of hydrazine groups is 2. The number of carbonyl (C=O) groups is 2. The van der Waals surface area contributed by atoms with E-state index in [9.17, 15) is 46.2 Å². The molecule has 8 N–H and O–H groups in total. The lowest BCUT2D eigenvalue weighted by atomic mass is 10.1. The normalized spacial score (nSPS) is 11.2. The van der Waals surface area contributed by atoms with E-state index in [2.05, 4.69) is 9.97 Å². The van der Waals surface area contributed by atoms with Crippen LogP contribution in [0.5, 0.6) is 11.5 Å². The summed E-state index contributed by atoms with van der Waals surface area (Å²) < 4.78 is 48.7. The second-order valence-corrected chi connectivity index (χ2v) is 14.6. The molecule has 2 amide bonds. The third-order valence-electron chi connectivity index (χ3n) is 7.50. The van der Waals surface area contributed by atoms with Crippen molar-refractivity contribution < 1.29 is 36.6 Å². The van der Waals surface area contributed by atoms with Crippen LogP contribution in [0.4, 0.5) is 0 Å². The van der Waals surface area contributed by atoms with Crippen molar-refractivity contribution in [3.05, 3.63) is 140 Å². The molecule has 0 aliphatic carbocycles. The predicted molar refractivity (Wildman–Crippen MR) is 197 cm³/mol. The van der Waals surface area contributed by atoms with Gasteiger partial charge in [0.2, 0.25) is 0 Å². The van der Waals surface area contributed by atoms with Crippen LogP contribution >= 0.6 is 0 Å². The average Bonchev–Trinajstić information content (AvgIpc) is 3.11. The number of benzene rings is 4. The summed E-state index contributed by atoms with van der Waals surface area (Å²) in [5.41, 5.74) is 3.49. The summed E-state index contributed by atoms with van der Waals surface area (Å²) in [5, 5.41) is 21.0. The Balaban J connectivity index is 0.000000232. The number of hydrogen-bond acceptors (Lipinski definition) is 10. The van der Waals surface area contributed by atoms with E-state index in [0.717, 1.165) is 11.1 Å². The minimum absolute atomic E-state index is 0. The summed E-state index contributed by atoms with van der Waals surface area (Å²) in [6, 6.07) is 24.7. The van der Waals surface area contributed by atoms with Crippen molar-refractivity contribution >= 4 is 53.7 Å². The number of carbonyl (C=O) groups excluding carboxylic acids is 2. The fraction of sp³-hybridized carbons (Fsp3) is 0.0857. The van der Waals surface area contributed by atoms with E-state index >= 15 is 0 Å². The van der Waals surface area contributed by atoms with E-state index in [1.54, 1.807) is 74.5 Å². The van der Waals surface area contributed by atoms with Gasteiger partial charge in [0.25, 0.3) is 43.0 Å². The molecule has 0 saturated carbocycles. The zero-order valence-corrected chi connectivity index (χ0v) is 28.8. The van der Waals surface area contributed by atoms with Crippen molar-refractivity contribution in [2.24, 2.45) is 0 Å². The standard InChI is InChI=1S/2C17H15N3O5S.CH4/c2*1-10-6-8-11(9-7-10)26(24,25)20-19-17(23)14-15(21)12-4-2-3-5-13(12)18-16(14)22;/h2*2-9,20H,1H3,(H,19,23)(H2,18,21,22);1H4. The highest BCUT2D eigenvalue weighted by Crippen LogP contribution is 2.25. The van der Waals surface area contributed by atoms with E-state index in [4.69, 9.17) is 0 Å². The fourth-order valence-corrected chi connectivity index (χ4v) is 6.46. The molecule has 0 radical (unpaired) electrons. The van der Waals surface area contributed by atoms with Gasteiger partial charge in [-0.1, -0.05) is 67.1 Å². The number of aryl methyl sites for hydroxylation is 2. The largest absolute Gasteiger partial charge is 0.506 e. The van der Waals surface area contributed by atoms with Crippen LogP contribution in [0.2, 0.25) is 0 Å². The first-order valence-electron chi connectivity index (χ1n) is 15.0. The maximum atomic E-state index is 12.2. The Hall–Kier alpha value is -6.34. The molecule has 0 aliphatic rings. The van der Waals surface area contributed by atoms with Crippen LogP contribution in [-0.2, 0) is 20.0 Å². The van der Waals surface area contributed by atoms with Crippen molar-refractivity contribution in [3.63, 3.8) is 0 Å². The fourth-order valence-electron chi connectivity index (χ4n) is 4.78. The molecule has 0 saturated heterocycles. The lowest BCUT2D eigenvalue weighted by molar-refractivity contribution is 0.0933. The van der Waals surface area contributed by atoms with Gasteiger partial charge in [0, 0.05) is 10.8 Å². The van der Waals surface area contributed by atoms with Crippen LogP contribution < -0.4 is 31.6 Å². The number of amides is 2. The first-order chi connectivity index (χ1) is 24.6. The van der Waals surface area contributed by atoms with Crippen molar-refractivity contribution in [1.29, 1.82) is 0 Å². The number of hydrogen-bond donors (Lipinski definition) is 8. The maximum absolute atomic E-state index is 12.2. The number of rotatable bonds is 8. The van der Waals surface area contributed by atoms with Crippen LogP contribution in [0.15, 0.2) is 116 Å². The Morgan fingerprint density at radius 2 is 0.868 bits per heavy atom. The van der Waals surface area contributed by atoms with Gasteiger partial charge in [0.1, 0.15) is 22.6 Å². The molecular formula is C35H34N6O10S2. The molecule has 2 heterocycles. The van der Waals surface area contributed by atoms with Gasteiger partial charge in [-0.2, -0.15) is 0 Å². The highest BCUT2D eigenvalue weighted by atomic mass is 32.2. The first-order valence-corrected chi connectivity index (χ1v) is 18.0. The van der Waals surface area contributed by atoms with Gasteiger partial charge in [-0.05, 0) is 62.4 Å². The lowest BCUT2D eigenvalue weighted by Crippen LogP contribution is -2.43. The predicted octanol–water partition coefficient (Wildman–Crippen LogP) is 2.97. The molecule has 4 aromatic carbocycles. The van der Waals surface area contributed by atoms with Gasteiger partial charge in [-0.25, -0.2) is 16.8 Å². The quantitative estimate of drug-likeness (QED) is 0.105. The van der Waals surface area contributed by atoms with Crippen LogP contribution in [0.1, 0.15) is 39.3 Å². The molecule has 6 aromatic rings. The lowest BCUT2D eigenvalue weighted by Gasteiger charge is -2.10. The van der Waals surface area contributed by atoms with Crippen molar-refractivity contribution in [1.82, 2.24) is 30.5 Å². The minimum atomic E-state index is -4.02. The number of aromatic nitrogens is 2. The summed E-state index contributed by atoms with van der Waals surface area (Å²) >= 11 is 0. The zero-order valence-electron chi connectivity index (χ0n) is 27.2. The molecule has 276 valence electrons. The monoisotopic (exact) mass is 762 g/mol. The van der Waals surface area contributed by atoms with Crippen LogP contribution in [-0.4, -0.2) is 48.8 Å². The van der Waals surface area contributed by atoms with E-state index in [1.807, 2.05) is 20.5 Å². The number of nitrogens with one attached hydrogen (secondary N) is 6. The number of aromatic hydroxyl groups is 2. The SMILES string of the molecule is C.Cc1ccc(S(=O)(=O)NNC(=O)c2c(O)c3ccccc3[nH]c2=O)cc1.Cc1ccc(S(=O)(=O)NNC(=O)c2c(O)c3ccccc3[nH]c2=O)cc1. The van der Waals surface area contributed by atoms with Gasteiger partial charge in [0.05, 0.1) is 20.8 Å². The molecule has 2 aromatic heterocycles. The second-order valence-electron chi connectivity index (χ2n) is 11.2. The third-order valence-corrected chi connectivity index (χ3v) is 10.0. The number of H-pyrrole nitrogens is 2. The minimum Gasteiger partial charge on any atom is -0.506 e. The second kappa shape index (κ2) is 15.9. The Kier molecular flexibility index (Phi) is 11.8. The van der Waals surface area contributed by atoms with E-state index in [0.29, 0.717) is 11.0 Å². The van der Waals surface area contributed by atoms with Gasteiger partial charge in [0.15, 0.2) is 0 Å². The van der Waals surface area contributed by atoms with Crippen LogP contribution in [0.3, 0.4) is 0 Å². The Morgan fingerprint density at radius 3 is 1.21 bits per heavy atom. The zero-order chi connectivity index (χ0) is 37.8. The smallest absolute Gasteiger partial charge is 0.275 e. The molecule has 0 bridgehead atoms.